The summed E-state index contributed by atoms with van der Waals surface area (Å²) in [4.78, 5) is 0. The Balaban J connectivity index is 1.98. The lowest BCUT2D eigenvalue weighted by molar-refractivity contribution is 0.480. The molecular weight excluding hydrogens is 160 g/mol. The first-order valence-electron chi connectivity index (χ1n) is 5.37. The third kappa shape index (κ3) is 1.53. The maximum atomic E-state index is 5.56. The van der Waals surface area contributed by atoms with E-state index >= 15 is 0 Å². The van der Waals surface area contributed by atoms with Gasteiger partial charge in [-0.05, 0) is 37.5 Å². The normalized spacial score (nSPS) is 39.4. The monoisotopic (exact) mass is 180 g/mol. The van der Waals surface area contributed by atoms with Crippen LogP contribution in [0.4, 0.5) is 0 Å². The van der Waals surface area contributed by atoms with Gasteiger partial charge in [0.25, 0.3) is 0 Å². The van der Waals surface area contributed by atoms with Gasteiger partial charge in [-0.25, -0.2) is 0 Å². The van der Waals surface area contributed by atoms with Gasteiger partial charge in [-0.1, -0.05) is 25.0 Å². The maximum Gasteiger partial charge on any atom is 0.0448 e. The number of hydrogen-bond donors (Lipinski definition) is 2. The highest BCUT2D eigenvalue weighted by molar-refractivity contribution is 5.14. The number of fused-ring (bicyclic) bond motifs is 1. The van der Waals surface area contributed by atoms with Crippen LogP contribution < -0.4 is 11.3 Å². The van der Waals surface area contributed by atoms with Crippen LogP contribution in [0.5, 0.6) is 0 Å². The molecule has 74 valence electrons. The summed E-state index contributed by atoms with van der Waals surface area (Å²) in [7, 11) is 0. The molecule has 2 nitrogen and oxygen atoms in total. The van der Waals surface area contributed by atoms with E-state index in [-0.39, 0.29) is 0 Å². The summed E-state index contributed by atoms with van der Waals surface area (Å²) < 4.78 is 0. The van der Waals surface area contributed by atoms with E-state index in [1.54, 1.807) is 0 Å². The molecule has 0 saturated heterocycles. The fourth-order valence-corrected chi connectivity index (χ4v) is 3.12. The van der Waals surface area contributed by atoms with Gasteiger partial charge in [-0.3, -0.25) is 11.3 Å². The molecule has 2 aliphatic carbocycles. The minimum Gasteiger partial charge on any atom is -0.271 e. The van der Waals surface area contributed by atoms with E-state index < -0.39 is 0 Å². The fourth-order valence-electron chi connectivity index (χ4n) is 3.12. The molecular formula is C11H20N2. The average Bonchev–Trinajstić information content (AvgIpc) is 2.81. The Hall–Kier alpha value is -0.340. The van der Waals surface area contributed by atoms with Crippen LogP contribution in [-0.4, -0.2) is 6.04 Å². The van der Waals surface area contributed by atoms with Gasteiger partial charge in [-0.2, -0.15) is 0 Å². The fraction of sp³-hybridized carbons (Fsp3) is 0.818. The highest BCUT2D eigenvalue weighted by atomic mass is 15.2. The Morgan fingerprint density at radius 3 is 2.31 bits per heavy atom. The van der Waals surface area contributed by atoms with E-state index in [2.05, 4.69) is 18.9 Å². The van der Waals surface area contributed by atoms with Gasteiger partial charge in [0.15, 0.2) is 0 Å². The molecule has 2 heteroatoms. The molecule has 3 N–H and O–H groups in total. The van der Waals surface area contributed by atoms with Gasteiger partial charge in [0.2, 0.25) is 0 Å². The highest BCUT2D eigenvalue weighted by Crippen LogP contribution is 2.57. The van der Waals surface area contributed by atoms with Crippen LogP contribution in [0.2, 0.25) is 0 Å². The third-order valence-corrected chi connectivity index (χ3v) is 3.82. The predicted octanol–water partition coefficient (Wildman–Crippen LogP) is 1.83. The first-order chi connectivity index (χ1) is 6.25. The Labute approximate surface area is 80.5 Å². The van der Waals surface area contributed by atoms with Gasteiger partial charge >= 0.3 is 0 Å². The first kappa shape index (κ1) is 9.22. The summed E-state index contributed by atoms with van der Waals surface area (Å²) in [6.07, 6.45) is 5.68. The van der Waals surface area contributed by atoms with Gasteiger partial charge in [0.05, 0.1) is 0 Å². The van der Waals surface area contributed by atoms with Crippen molar-refractivity contribution in [2.75, 3.05) is 0 Å². The molecule has 2 saturated carbocycles. The van der Waals surface area contributed by atoms with E-state index in [9.17, 15) is 0 Å². The van der Waals surface area contributed by atoms with Crippen molar-refractivity contribution >= 4 is 0 Å². The lowest BCUT2D eigenvalue weighted by Crippen LogP contribution is -2.38. The molecule has 0 spiro atoms. The largest absolute Gasteiger partial charge is 0.271 e. The van der Waals surface area contributed by atoms with Gasteiger partial charge in [-0.15, -0.1) is 0 Å². The van der Waals surface area contributed by atoms with Crippen molar-refractivity contribution < 1.29 is 0 Å². The van der Waals surface area contributed by atoms with Crippen molar-refractivity contribution in [3.63, 3.8) is 0 Å². The van der Waals surface area contributed by atoms with Crippen LogP contribution in [0.15, 0.2) is 12.2 Å². The Bertz CT molecular complexity index is 200. The summed E-state index contributed by atoms with van der Waals surface area (Å²) in [6.45, 7) is 6.08. The lowest BCUT2D eigenvalue weighted by Gasteiger charge is -2.15. The summed E-state index contributed by atoms with van der Waals surface area (Å²) in [5, 5.41) is 0. The zero-order chi connectivity index (χ0) is 9.42. The van der Waals surface area contributed by atoms with E-state index in [1.807, 2.05) is 0 Å². The van der Waals surface area contributed by atoms with Crippen LogP contribution in [0.3, 0.4) is 0 Å². The molecule has 3 unspecified atom stereocenters. The summed E-state index contributed by atoms with van der Waals surface area (Å²) >= 11 is 0. The first-order valence-corrected chi connectivity index (χ1v) is 5.37. The van der Waals surface area contributed by atoms with Gasteiger partial charge < -0.3 is 0 Å². The second-order valence-electron chi connectivity index (χ2n) is 4.68. The summed E-state index contributed by atoms with van der Waals surface area (Å²) in [5.41, 5.74) is 4.12. The molecule has 2 aliphatic rings. The predicted molar refractivity (Wildman–Crippen MR) is 54.9 cm³/mol. The minimum atomic E-state index is 0.369. The van der Waals surface area contributed by atoms with Gasteiger partial charge in [0.1, 0.15) is 0 Å². The van der Waals surface area contributed by atoms with E-state index in [0.717, 1.165) is 17.8 Å². The van der Waals surface area contributed by atoms with Crippen LogP contribution in [0.1, 0.15) is 32.6 Å². The Morgan fingerprint density at radius 1 is 1.38 bits per heavy atom. The lowest BCUT2D eigenvalue weighted by atomic mass is 10.0. The molecule has 2 fully saturated rings. The average molecular weight is 180 g/mol. The zero-order valence-corrected chi connectivity index (χ0v) is 8.42. The molecule has 2 rings (SSSR count). The molecule has 13 heavy (non-hydrogen) atoms. The van der Waals surface area contributed by atoms with E-state index in [1.165, 1.54) is 31.3 Å². The van der Waals surface area contributed by atoms with Crippen molar-refractivity contribution in [2.45, 2.75) is 38.6 Å². The molecule has 3 atom stereocenters. The highest BCUT2D eigenvalue weighted by Gasteiger charge is 2.53. The van der Waals surface area contributed by atoms with E-state index in [0.29, 0.717) is 6.04 Å². The third-order valence-electron chi connectivity index (χ3n) is 3.82. The second-order valence-corrected chi connectivity index (χ2v) is 4.68. The van der Waals surface area contributed by atoms with E-state index in [4.69, 9.17) is 5.84 Å². The second kappa shape index (κ2) is 3.43. The molecule has 0 aromatic carbocycles. The van der Waals surface area contributed by atoms with Crippen molar-refractivity contribution in [2.24, 2.45) is 23.6 Å². The molecule has 0 aliphatic heterocycles. The molecule has 0 aromatic heterocycles. The number of hydrazine groups is 1. The molecule has 0 bridgehead atoms. The van der Waals surface area contributed by atoms with Crippen LogP contribution in [-0.2, 0) is 0 Å². The van der Waals surface area contributed by atoms with Gasteiger partial charge in [0, 0.05) is 6.04 Å². The molecule has 0 heterocycles. The number of rotatable bonds is 3. The quantitative estimate of drug-likeness (QED) is 0.395. The number of nitrogens with one attached hydrogen (secondary N) is 1. The molecule has 0 amide bonds. The molecule has 0 aromatic rings. The van der Waals surface area contributed by atoms with Crippen LogP contribution in [0.25, 0.3) is 0 Å². The topological polar surface area (TPSA) is 38.0 Å². The SMILES string of the molecule is C=C(C)C(NN)C1C2CCCCC21. The van der Waals surface area contributed by atoms with Crippen LogP contribution in [0, 0.1) is 17.8 Å². The van der Waals surface area contributed by atoms with Crippen molar-refractivity contribution in [1.29, 1.82) is 0 Å². The Kier molecular flexibility index (Phi) is 2.43. The zero-order valence-electron chi connectivity index (χ0n) is 8.42. The number of nitrogens with two attached hydrogens (primary N) is 1. The maximum absolute atomic E-state index is 5.56. The van der Waals surface area contributed by atoms with Crippen molar-refractivity contribution in [3.05, 3.63) is 12.2 Å². The smallest absolute Gasteiger partial charge is 0.0448 e. The van der Waals surface area contributed by atoms with Crippen molar-refractivity contribution in [3.8, 4) is 0 Å². The van der Waals surface area contributed by atoms with Crippen LogP contribution >= 0.6 is 0 Å². The minimum absolute atomic E-state index is 0.369. The van der Waals surface area contributed by atoms with Crippen molar-refractivity contribution in [1.82, 2.24) is 5.43 Å². The summed E-state index contributed by atoms with van der Waals surface area (Å²) in [5.74, 6) is 8.26. The Morgan fingerprint density at radius 2 is 1.92 bits per heavy atom. The molecule has 0 radical (unpaired) electrons. The number of hydrogen-bond acceptors (Lipinski definition) is 2. The standard InChI is InChI=1S/C11H20N2/c1-7(2)11(13-12)10-8-5-3-4-6-9(8)10/h8-11,13H,1,3-6,12H2,2H3. The summed E-state index contributed by atoms with van der Waals surface area (Å²) in [6, 6.07) is 0.369.